The van der Waals surface area contributed by atoms with Crippen LogP contribution >= 0.6 is 0 Å². The molecule has 0 amide bonds. The highest BCUT2D eigenvalue weighted by atomic mass is 15.1. The second-order valence-electron chi connectivity index (χ2n) is 12.8. The van der Waals surface area contributed by atoms with E-state index in [1.54, 1.807) is 0 Å². The van der Waals surface area contributed by atoms with E-state index in [2.05, 4.69) is 135 Å². The number of rotatable bonds is 18. The Kier molecular flexibility index (Phi) is 13.2. The summed E-state index contributed by atoms with van der Waals surface area (Å²) in [5.41, 5.74) is 11.1. The summed E-state index contributed by atoms with van der Waals surface area (Å²) in [6, 6.07) is 37.4. The number of benzene rings is 3. The van der Waals surface area contributed by atoms with Crippen molar-refractivity contribution in [1.29, 1.82) is 0 Å². The van der Waals surface area contributed by atoms with E-state index < -0.39 is 0 Å². The molecule has 0 aliphatic carbocycles. The lowest BCUT2D eigenvalue weighted by Gasteiger charge is -2.26. The van der Waals surface area contributed by atoms with Crippen LogP contribution in [0.25, 0.3) is 44.9 Å². The van der Waals surface area contributed by atoms with Crippen LogP contribution in [-0.4, -0.2) is 36.1 Å². The summed E-state index contributed by atoms with van der Waals surface area (Å²) in [4.78, 5) is 15.3. The minimum atomic E-state index is 0.880. The zero-order valence-electron chi connectivity index (χ0n) is 29.7. The Morgan fingerprint density at radius 3 is 1.46 bits per heavy atom. The van der Waals surface area contributed by atoms with Crippen molar-refractivity contribution in [3.63, 3.8) is 0 Å². The predicted molar refractivity (Wildman–Crippen MR) is 208 cm³/mol. The molecule has 0 radical (unpaired) electrons. The van der Waals surface area contributed by atoms with E-state index in [1.807, 2.05) is 12.3 Å². The van der Waals surface area contributed by atoms with Crippen LogP contribution in [0.15, 0.2) is 109 Å². The fourth-order valence-corrected chi connectivity index (χ4v) is 6.34. The topological polar surface area (TPSA) is 32.3 Å². The van der Waals surface area contributed by atoms with Gasteiger partial charge in [-0.05, 0) is 84.8 Å². The van der Waals surface area contributed by atoms with Gasteiger partial charge in [-0.3, -0.25) is 4.98 Å². The van der Waals surface area contributed by atoms with Crippen LogP contribution in [0.3, 0.4) is 0 Å². The lowest BCUT2D eigenvalue weighted by atomic mass is 9.90. The molecule has 0 bridgehead atoms. The van der Waals surface area contributed by atoms with E-state index in [9.17, 15) is 0 Å². The summed E-state index contributed by atoms with van der Waals surface area (Å²) in [5.74, 6) is 0. The maximum atomic E-state index is 5.35. The number of aromatic nitrogens is 2. The van der Waals surface area contributed by atoms with Gasteiger partial charge in [0.25, 0.3) is 0 Å². The molecule has 0 spiro atoms. The molecule has 5 aromatic rings. The van der Waals surface area contributed by atoms with E-state index in [1.165, 1.54) is 73.9 Å². The molecule has 0 fully saturated rings. The molecule has 0 aliphatic heterocycles. The summed E-state index contributed by atoms with van der Waals surface area (Å²) in [6.45, 7) is 13.5. The Morgan fingerprint density at radius 2 is 0.979 bits per heavy atom. The molecule has 0 unspecified atom stereocenters. The van der Waals surface area contributed by atoms with Crippen LogP contribution in [0.2, 0.25) is 0 Å². The van der Waals surface area contributed by atoms with Gasteiger partial charge in [-0.1, -0.05) is 114 Å². The highest BCUT2D eigenvalue weighted by Crippen LogP contribution is 2.42. The molecule has 2 heterocycles. The average Bonchev–Trinajstić information content (AvgIpc) is 3.15. The molecule has 0 saturated heterocycles. The van der Waals surface area contributed by atoms with Gasteiger partial charge in [0, 0.05) is 54.9 Å². The fraction of sp³-hybridized carbons (Fsp3) is 0.364. The van der Waals surface area contributed by atoms with Gasteiger partial charge in [-0.15, -0.1) is 0 Å². The number of unbranched alkanes of at least 4 members (excludes halogenated alkanes) is 4. The van der Waals surface area contributed by atoms with Crippen LogP contribution in [0.5, 0.6) is 0 Å². The standard InChI is InChI=1S/C44H54N4/c1-5-9-30-47(31-10-6-2)38-25-21-35(22-26-38)40-34-42(36-18-14-13-15-19-36)46-44(41-20-16-17-29-45-41)43(40)37-23-27-39(28-24-37)48(32-11-7-3)33-12-8-4/h13-29,34H,5-12,30-33H2,1-4H3. The molecule has 0 atom stereocenters. The highest BCUT2D eigenvalue weighted by Gasteiger charge is 2.20. The van der Waals surface area contributed by atoms with E-state index in [-0.39, 0.29) is 0 Å². The third kappa shape index (κ3) is 8.92. The van der Waals surface area contributed by atoms with Crippen molar-refractivity contribution < 1.29 is 0 Å². The number of anilines is 2. The summed E-state index contributed by atoms with van der Waals surface area (Å²) in [5, 5.41) is 0. The van der Waals surface area contributed by atoms with Crippen molar-refractivity contribution in [2.24, 2.45) is 0 Å². The lowest BCUT2D eigenvalue weighted by molar-refractivity contribution is 0.678. The molecule has 48 heavy (non-hydrogen) atoms. The highest BCUT2D eigenvalue weighted by molar-refractivity contribution is 5.94. The predicted octanol–water partition coefficient (Wildman–Crippen LogP) is 12.0. The van der Waals surface area contributed by atoms with E-state index in [4.69, 9.17) is 9.97 Å². The third-order valence-corrected chi connectivity index (χ3v) is 9.19. The number of nitrogens with zero attached hydrogens (tertiary/aromatic N) is 4. The number of pyridine rings is 2. The minimum Gasteiger partial charge on any atom is -0.372 e. The van der Waals surface area contributed by atoms with Crippen molar-refractivity contribution in [3.05, 3.63) is 109 Å². The van der Waals surface area contributed by atoms with Crippen LogP contribution in [-0.2, 0) is 0 Å². The molecular formula is C44H54N4. The van der Waals surface area contributed by atoms with Crippen molar-refractivity contribution in [1.82, 2.24) is 9.97 Å². The van der Waals surface area contributed by atoms with Gasteiger partial charge >= 0.3 is 0 Å². The molecule has 3 aromatic carbocycles. The molecule has 4 heteroatoms. The van der Waals surface area contributed by atoms with Gasteiger partial charge in [0.2, 0.25) is 0 Å². The zero-order valence-corrected chi connectivity index (χ0v) is 29.7. The second-order valence-corrected chi connectivity index (χ2v) is 12.8. The van der Waals surface area contributed by atoms with Crippen LogP contribution in [0.4, 0.5) is 11.4 Å². The Balaban J connectivity index is 1.66. The smallest absolute Gasteiger partial charge is 0.0978 e. The molecule has 0 saturated carbocycles. The molecule has 0 N–H and O–H groups in total. The SMILES string of the molecule is CCCCN(CCCC)c1ccc(-c2cc(-c3ccccc3)nc(-c3ccccn3)c2-c2ccc(N(CCCC)CCCC)cc2)cc1. The quantitative estimate of drug-likeness (QED) is 0.0956. The minimum absolute atomic E-state index is 0.880. The van der Waals surface area contributed by atoms with E-state index >= 15 is 0 Å². The van der Waals surface area contributed by atoms with Gasteiger partial charge in [0.05, 0.1) is 17.1 Å². The largest absolute Gasteiger partial charge is 0.372 e. The van der Waals surface area contributed by atoms with Gasteiger partial charge in [-0.2, -0.15) is 0 Å². The van der Waals surface area contributed by atoms with Gasteiger partial charge in [0.1, 0.15) is 0 Å². The Morgan fingerprint density at radius 1 is 0.479 bits per heavy atom. The maximum absolute atomic E-state index is 5.35. The first-order valence-corrected chi connectivity index (χ1v) is 18.4. The summed E-state index contributed by atoms with van der Waals surface area (Å²) in [6.07, 6.45) is 11.5. The summed E-state index contributed by atoms with van der Waals surface area (Å²) < 4.78 is 0. The molecule has 4 nitrogen and oxygen atoms in total. The van der Waals surface area contributed by atoms with Gasteiger partial charge < -0.3 is 9.80 Å². The molecular weight excluding hydrogens is 585 g/mol. The summed E-state index contributed by atoms with van der Waals surface area (Å²) in [7, 11) is 0. The van der Waals surface area contributed by atoms with Gasteiger partial charge in [-0.25, -0.2) is 4.98 Å². The monoisotopic (exact) mass is 638 g/mol. The summed E-state index contributed by atoms with van der Waals surface area (Å²) >= 11 is 0. The Hall–Kier alpha value is -4.44. The average molecular weight is 639 g/mol. The zero-order chi connectivity index (χ0) is 33.6. The molecule has 250 valence electrons. The third-order valence-electron chi connectivity index (χ3n) is 9.19. The second kappa shape index (κ2) is 18.2. The van der Waals surface area contributed by atoms with Crippen molar-refractivity contribution in [3.8, 4) is 44.9 Å². The lowest BCUT2D eigenvalue weighted by Crippen LogP contribution is -2.25. The van der Waals surface area contributed by atoms with Crippen LogP contribution in [0.1, 0.15) is 79.1 Å². The Labute approximate surface area is 289 Å². The van der Waals surface area contributed by atoms with Crippen molar-refractivity contribution in [2.75, 3.05) is 36.0 Å². The normalized spacial score (nSPS) is 11.1. The first kappa shape index (κ1) is 34.9. The van der Waals surface area contributed by atoms with Crippen molar-refractivity contribution in [2.45, 2.75) is 79.1 Å². The van der Waals surface area contributed by atoms with Crippen LogP contribution in [0, 0.1) is 0 Å². The molecule has 2 aromatic heterocycles. The van der Waals surface area contributed by atoms with Gasteiger partial charge in [0.15, 0.2) is 0 Å². The first-order valence-electron chi connectivity index (χ1n) is 18.4. The fourth-order valence-electron chi connectivity index (χ4n) is 6.34. The Bertz CT molecular complexity index is 1630. The molecule has 0 aliphatic rings. The van der Waals surface area contributed by atoms with Crippen LogP contribution < -0.4 is 9.80 Å². The maximum Gasteiger partial charge on any atom is 0.0978 e. The van der Waals surface area contributed by atoms with Crippen molar-refractivity contribution >= 4 is 11.4 Å². The number of hydrogen-bond acceptors (Lipinski definition) is 4. The van der Waals surface area contributed by atoms with E-state index in [0.717, 1.165) is 60.0 Å². The molecule has 5 rings (SSSR count). The van der Waals surface area contributed by atoms with E-state index in [0.29, 0.717) is 0 Å². The first-order chi connectivity index (χ1) is 23.7. The number of hydrogen-bond donors (Lipinski definition) is 0.